The van der Waals surface area contributed by atoms with E-state index >= 15 is 0 Å². The number of carbonyl (C=O) groups is 2. The van der Waals surface area contributed by atoms with E-state index in [1.165, 1.54) is 0 Å². The summed E-state index contributed by atoms with van der Waals surface area (Å²) in [6.45, 7) is 1.74. The fraction of sp³-hybridized carbons (Fsp3) is 0.286. The second-order valence-electron chi connectivity index (χ2n) is 4.57. The minimum Gasteiger partial charge on any atom is -0.474 e. The summed E-state index contributed by atoms with van der Waals surface area (Å²) in [5.41, 5.74) is 0.310. The molecular formula is C14H12O3. The summed E-state index contributed by atoms with van der Waals surface area (Å²) in [5, 5.41) is 0. The van der Waals surface area contributed by atoms with Crippen LogP contribution in [0.2, 0.25) is 0 Å². The molecule has 0 radical (unpaired) electrons. The van der Waals surface area contributed by atoms with Crippen molar-refractivity contribution >= 4 is 11.6 Å². The number of allylic oxidation sites excluding steroid dienone is 1. The molecule has 3 heteroatoms. The fourth-order valence-electron chi connectivity index (χ4n) is 2.47. The Labute approximate surface area is 99.1 Å². The molecule has 0 N–H and O–H groups in total. The molecule has 1 aromatic carbocycles. The number of fused-ring (bicyclic) bond motifs is 1. The number of Topliss-reactive ketones (excluding diaryl/α,β-unsaturated/α-hetero) is 2. The topological polar surface area (TPSA) is 43.4 Å². The van der Waals surface area contributed by atoms with Gasteiger partial charge >= 0.3 is 0 Å². The highest BCUT2D eigenvalue weighted by Crippen LogP contribution is 2.40. The maximum absolute atomic E-state index is 12.3. The fourth-order valence-corrected chi connectivity index (χ4v) is 2.47. The van der Waals surface area contributed by atoms with Crippen LogP contribution in [0, 0.1) is 0 Å². The lowest BCUT2D eigenvalue weighted by molar-refractivity contribution is -0.116. The van der Waals surface area contributed by atoms with Gasteiger partial charge in [0, 0.05) is 12.8 Å². The molecule has 1 aliphatic carbocycles. The van der Waals surface area contributed by atoms with E-state index in [2.05, 4.69) is 0 Å². The van der Waals surface area contributed by atoms with Gasteiger partial charge in [-0.1, -0.05) is 12.1 Å². The van der Waals surface area contributed by atoms with Gasteiger partial charge in [-0.2, -0.15) is 0 Å². The standard InChI is InChI=1S/C14H12O3/c1-9-8-14(7-6-11(9)15)13(16)10-4-2-3-5-12(10)17-14/h2-5,8H,6-7H2,1H3. The average molecular weight is 228 g/mol. The largest absolute Gasteiger partial charge is 0.474 e. The minimum absolute atomic E-state index is 0.0278. The van der Waals surface area contributed by atoms with Crippen molar-refractivity contribution in [3.8, 4) is 5.75 Å². The van der Waals surface area contributed by atoms with Gasteiger partial charge in [0.25, 0.3) is 0 Å². The molecule has 0 aromatic heterocycles. The van der Waals surface area contributed by atoms with Crippen LogP contribution in [0.4, 0.5) is 0 Å². The lowest BCUT2D eigenvalue weighted by atomic mass is 9.82. The Bertz CT molecular complexity index is 556. The highest BCUT2D eigenvalue weighted by Gasteiger charge is 2.48. The van der Waals surface area contributed by atoms with Crippen LogP contribution < -0.4 is 4.74 Å². The molecule has 1 heterocycles. The van der Waals surface area contributed by atoms with Crippen LogP contribution >= 0.6 is 0 Å². The zero-order valence-corrected chi connectivity index (χ0v) is 9.53. The first-order valence-electron chi connectivity index (χ1n) is 5.68. The summed E-state index contributed by atoms with van der Waals surface area (Å²) in [6, 6.07) is 7.23. The van der Waals surface area contributed by atoms with Gasteiger partial charge in [0.1, 0.15) is 5.75 Å². The lowest BCUT2D eigenvalue weighted by Gasteiger charge is -2.27. The van der Waals surface area contributed by atoms with Crippen molar-refractivity contribution in [2.45, 2.75) is 25.4 Å². The summed E-state index contributed by atoms with van der Waals surface area (Å²) in [4.78, 5) is 23.8. The third kappa shape index (κ3) is 1.35. The van der Waals surface area contributed by atoms with Gasteiger partial charge in [-0.05, 0) is 30.7 Å². The molecule has 0 saturated heterocycles. The van der Waals surface area contributed by atoms with E-state index in [1.807, 2.05) is 12.1 Å². The average Bonchev–Trinajstić information content (AvgIpc) is 2.59. The number of ketones is 2. The number of hydrogen-bond acceptors (Lipinski definition) is 3. The normalized spacial score (nSPS) is 26.8. The Morgan fingerprint density at radius 3 is 2.71 bits per heavy atom. The van der Waals surface area contributed by atoms with Crippen LogP contribution in [0.15, 0.2) is 35.9 Å². The van der Waals surface area contributed by atoms with E-state index in [0.717, 1.165) is 0 Å². The van der Waals surface area contributed by atoms with E-state index < -0.39 is 5.60 Å². The molecule has 0 amide bonds. The van der Waals surface area contributed by atoms with Crippen molar-refractivity contribution in [2.75, 3.05) is 0 Å². The minimum atomic E-state index is -0.929. The van der Waals surface area contributed by atoms with Gasteiger partial charge < -0.3 is 4.74 Å². The molecule has 3 rings (SSSR count). The van der Waals surface area contributed by atoms with Crippen molar-refractivity contribution in [1.29, 1.82) is 0 Å². The maximum Gasteiger partial charge on any atom is 0.214 e. The second-order valence-corrected chi connectivity index (χ2v) is 4.57. The molecule has 0 bridgehead atoms. The predicted octanol–water partition coefficient (Wildman–Crippen LogP) is 2.31. The molecule has 1 atom stereocenters. The first-order chi connectivity index (χ1) is 8.12. The quantitative estimate of drug-likeness (QED) is 0.684. The third-order valence-electron chi connectivity index (χ3n) is 3.42. The molecular weight excluding hydrogens is 216 g/mol. The predicted molar refractivity (Wildman–Crippen MR) is 62.1 cm³/mol. The molecule has 1 spiro atoms. The maximum atomic E-state index is 12.3. The smallest absolute Gasteiger partial charge is 0.214 e. The monoisotopic (exact) mass is 228 g/mol. The highest BCUT2D eigenvalue weighted by molar-refractivity contribution is 6.11. The number of carbonyl (C=O) groups excluding carboxylic acids is 2. The van der Waals surface area contributed by atoms with E-state index in [-0.39, 0.29) is 11.6 Å². The third-order valence-corrected chi connectivity index (χ3v) is 3.42. The molecule has 2 aliphatic rings. The summed E-state index contributed by atoms with van der Waals surface area (Å²) in [5.74, 6) is 0.693. The SMILES string of the molecule is CC1=CC2(CCC1=O)Oc1ccccc1C2=O. The second kappa shape index (κ2) is 3.29. The van der Waals surface area contributed by atoms with E-state index in [9.17, 15) is 9.59 Å². The molecule has 1 aliphatic heterocycles. The Morgan fingerprint density at radius 2 is 2.00 bits per heavy atom. The summed E-state index contributed by atoms with van der Waals surface area (Å²) in [7, 11) is 0. The van der Waals surface area contributed by atoms with E-state index in [1.54, 1.807) is 25.1 Å². The Kier molecular flexibility index (Phi) is 1.99. The number of ether oxygens (including phenoxy) is 1. The summed E-state index contributed by atoms with van der Waals surface area (Å²) < 4.78 is 5.79. The lowest BCUT2D eigenvalue weighted by Crippen LogP contribution is -2.41. The Hall–Kier alpha value is -1.90. The molecule has 17 heavy (non-hydrogen) atoms. The van der Waals surface area contributed by atoms with Crippen molar-refractivity contribution in [3.05, 3.63) is 41.5 Å². The number of hydrogen-bond donors (Lipinski definition) is 0. The van der Waals surface area contributed by atoms with Crippen molar-refractivity contribution in [3.63, 3.8) is 0 Å². The van der Waals surface area contributed by atoms with Crippen molar-refractivity contribution in [1.82, 2.24) is 0 Å². The van der Waals surface area contributed by atoms with E-state index in [0.29, 0.717) is 29.7 Å². The van der Waals surface area contributed by atoms with Gasteiger partial charge in [0.05, 0.1) is 5.56 Å². The van der Waals surface area contributed by atoms with E-state index in [4.69, 9.17) is 4.74 Å². The van der Waals surface area contributed by atoms with Crippen molar-refractivity contribution in [2.24, 2.45) is 0 Å². The summed E-state index contributed by atoms with van der Waals surface area (Å²) >= 11 is 0. The van der Waals surface area contributed by atoms with Gasteiger partial charge in [-0.15, -0.1) is 0 Å². The number of benzene rings is 1. The van der Waals surface area contributed by atoms with Crippen LogP contribution in [0.3, 0.4) is 0 Å². The van der Waals surface area contributed by atoms with Gasteiger partial charge in [0.2, 0.25) is 5.78 Å². The van der Waals surface area contributed by atoms with Crippen LogP contribution in [-0.2, 0) is 4.79 Å². The molecule has 0 saturated carbocycles. The molecule has 1 unspecified atom stereocenters. The van der Waals surface area contributed by atoms with Gasteiger partial charge in [-0.25, -0.2) is 0 Å². The number of para-hydroxylation sites is 1. The zero-order valence-electron chi connectivity index (χ0n) is 9.53. The van der Waals surface area contributed by atoms with Crippen LogP contribution in [0.25, 0.3) is 0 Å². The van der Waals surface area contributed by atoms with Gasteiger partial charge in [0.15, 0.2) is 11.4 Å². The molecule has 86 valence electrons. The Morgan fingerprint density at radius 1 is 1.24 bits per heavy atom. The Balaban J connectivity index is 2.10. The highest BCUT2D eigenvalue weighted by atomic mass is 16.5. The number of rotatable bonds is 0. The van der Waals surface area contributed by atoms with Gasteiger partial charge in [-0.3, -0.25) is 9.59 Å². The first kappa shape index (κ1) is 10.3. The van der Waals surface area contributed by atoms with Crippen molar-refractivity contribution < 1.29 is 14.3 Å². The molecule has 1 aromatic rings. The summed E-state index contributed by atoms with van der Waals surface area (Å²) in [6.07, 6.45) is 2.50. The van der Waals surface area contributed by atoms with Crippen LogP contribution in [-0.4, -0.2) is 17.2 Å². The van der Waals surface area contributed by atoms with Crippen LogP contribution in [0.1, 0.15) is 30.1 Å². The zero-order chi connectivity index (χ0) is 12.0. The molecule has 0 fully saturated rings. The van der Waals surface area contributed by atoms with Crippen LogP contribution in [0.5, 0.6) is 5.75 Å². The first-order valence-corrected chi connectivity index (χ1v) is 5.68. The molecule has 3 nitrogen and oxygen atoms in total.